The van der Waals surface area contributed by atoms with Gasteiger partial charge in [0.15, 0.2) is 5.76 Å². The third kappa shape index (κ3) is 4.15. The van der Waals surface area contributed by atoms with Crippen LogP contribution in [-0.4, -0.2) is 30.5 Å². The molecule has 1 aliphatic rings. The first-order chi connectivity index (χ1) is 13.7. The van der Waals surface area contributed by atoms with Gasteiger partial charge in [-0.1, -0.05) is 42.0 Å². The lowest BCUT2D eigenvalue weighted by molar-refractivity contribution is 0.0952. The van der Waals surface area contributed by atoms with Crippen LogP contribution in [0.15, 0.2) is 59.1 Å². The maximum atomic E-state index is 12.7. The predicted molar refractivity (Wildman–Crippen MR) is 110 cm³/mol. The second-order valence-electron chi connectivity index (χ2n) is 7.34. The Hall–Kier alpha value is -2.92. The van der Waals surface area contributed by atoms with E-state index in [9.17, 15) is 4.79 Å². The molecule has 1 aromatic heterocycles. The van der Waals surface area contributed by atoms with Crippen LogP contribution in [0.4, 0.5) is 0 Å². The summed E-state index contributed by atoms with van der Waals surface area (Å²) < 4.78 is 5.97. The highest BCUT2D eigenvalue weighted by atomic mass is 16.4. The first-order valence-electron chi connectivity index (χ1n) is 9.82. The van der Waals surface area contributed by atoms with Gasteiger partial charge in [-0.25, -0.2) is 4.98 Å². The Balaban J connectivity index is 1.49. The Labute approximate surface area is 165 Å². The number of aryl methyl sites for hydroxylation is 1. The average Bonchev–Trinajstić information content (AvgIpc) is 3.41. The van der Waals surface area contributed by atoms with Gasteiger partial charge < -0.3 is 15.1 Å². The summed E-state index contributed by atoms with van der Waals surface area (Å²) in [6.45, 7) is 4.85. The molecule has 0 saturated carbocycles. The topological polar surface area (TPSA) is 67.2 Å². The van der Waals surface area contributed by atoms with Gasteiger partial charge in [0.05, 0.1) is 11.8 Å². The normalized spacial score (nSPS) is 16.2. The van der Waals surface area contributed by atoms with Crippen LogP contribution in [0.1, 0.15) is 28.8 Å². The number of nitrogens with one attached hydrogen (secondary N) is 2. The molecule has 1 aliphatic heterocycles. The summed E-state index contributed by atoms with van der Waals surface area (Å²) in [5.74, 6) is 1.72. The van der Waals surface area contributed by atoms with E-state index in [1.54, 1.807) is 6.20 Å². The highest BCUT2D eigenvalue weighted by Gasteiger charge is 2.18. The highest BCUT2D eigenvalue weighted by molar-refractivity contribution is 6.00. The van der Waals surface area contributed by atoms with Crippen LogP contribution in [0.2, 0.25) is 0 Å². The molecule has 2 aromatic carbocycles. The maximum Gasteiger partial charge on any atom is 0.252 e. The third-order valence-electron chi connectivity index (χ3n) is 5.24. The number of aromatic nitrogens is 1. The van der Waals surface area contributed by atoms with Crippen molar-refractivity contribution < 1.29 is 9.21 Å². The fourth-order valence-electron chi connectivity index (χ4n) is 3.56. The summed E-state index contributed by atoms with van der Waals surface area (Å²) >= 11 is 0. The number of carbonyl (C=O) groups is 1. The number of carbonyl (C=O) groups excluding carboxylic acids is 1. The smallest absolute Gasteiger partial charge is 0.252 e. The van der Waals surface area contributed by atoms with E-state index in [-0.39, 0.29) is 5.91 Å². The number of hydrogen-bond acceptors (Lipinski definition) is 4. The number of oxazole rings is 1. The number of hydrogen-bond donors (Lipinski definition) is 2. The summed E-state index contributed by atoms with van der Waals surface area (Å²) in [5, 5.41) is 6.40. The van der Waals surface area contributed by atoms with Crippen molar-refractivity contribution >= 4 is 5.91 Å². The van der Waals surface area contributed by atoms with Crippen LogP contribution in [0.5, 0.6) is 0 Å². The molecule has 2 heterocycles. The molecule has 0 radical (unpaired) electrons. The monoisotopic (exact) mass is 375 g/mol. The van der Waals surface area contributed by atoms with E-state index in [2.05, 4.69) is 15.6 Å². The SMILES string of the molecule is Cc1ccc(-c2cnc(-c3ccccc3C(=O)NCCC3CCNC3)o2)cc1. The van der Waals surface area contributed by atoms with Gasteiger partial charge in [-0.15, -0.1) is 0 Å². The van der Waals surface area contributed by atoms with E-state index in [0.29, 0.717) is 35.2 Å². The highest BCUT2D eigenvalue weighted by Crippen LogP contribution is 2.28. The van der Waals surface area contributed by atoms with Gasteiger partial charge >= 0.3 is 0 Å². The molecular formula is C23H25N3O2. The maximum absolute atomic E-state index is 12.7. The Morgan fingerprint density at radius 1 is 1.21 bits per heavy atom. The molecule has 0 bridgehead atoms. The fourth-order valence-corrected chi connectivity index (χ4v) is 3.56. The van der Waals surface area contributed by atoms with Crippen LogP contribution in [0.25, 0.3) is 22.8 Å². The van der Waals surface area contributed by atoms with Crippen LogP contribution in [-0.2, 0) is 0 Å². The van der Waals surface area contributed by atoms with Gasteiger partial charge in [0.1, 0.15) is 0 Å². The van der Waals surface area contributed by atoms with Gasteiger partial charge in [-0.3, -0.25) is 4.79 Å². The lowest BCUT2D eigenvalue weighted by Crippen LogP contribution is -2.26. The van der Waals surface area contributed by atoms with Crippen molar-refractivity contribution in [3.8, 4) is 22.8 Å². The quantitative estimate of drug-likeness (QED) is 0.682. The molecule has 1 unspecified atom stereocenters. The van der Waals surface area contributed by atoms with Crippen LogP contribution >= 0.6 is 0 Å². The van der Waals surface area contributed by atoms with Crippen LogP contribution < -0.4 is 10.6 Å². The van der Waals surface area contributed by atoms with E-state index in [1.807, 2.05) is 55.5 Å². The van der Waals surface area contributed by atoms with Crippen molar-refractivity contribution in [2.24, 2.45) is 5.92 Å². The molecule has 0 aliphatic carbocycles. The lowest BCUT2D eigenvalue weighted by Gasteiger charge is -2.11. The second-order valence-corrected chi connectivity index (χ2v) is 7.34. The van der Waals surface area contributed by atoms with Gasteiger partial charge in [-0.05, 0) is 50.9 Å². The molecule has 3 aromatic rings. The van der Waals surface area contributed by atoms with Crippen molar-refractivity contribution in [3.05, 3.63) is 65.9 Å². The number of amides is 1. The zero-order chi connectivity index (χ0) is 19.3. The summed E-state index contributed by atoms with van der Waals surface area (Å²) in [5.41, 5.74) is 3.46. The van der Waals surface area contributed by atoms with Gasteiger partial charge in [0.25, 0.3) is 5.91 Å². The van der Waals surface area contributed by atoms with E-state index in [1.165, 1.54) is 12.0 Å². The summed E-state index contributed by atoms with van der Waals surface area (Å²) in [6.07, 6.45) is 3.89. The average molecular weight is 375 g/mol. The van der Waals surface area contributed by atoms with Crippen molar-refractivity contribution in [3.63, 3.8) is 0 Å². The Morgan fingerprint density at radius 3 is 2.82 bits per heavy atom. The van der Waals surface area contributed by atoms with Crippen LogP contribution in [0.3, 0.4) is 0 Å². The standard InChI is InChI=1S/C23H25N3O2/c1-16-6-8-18(9-7-16)21-15-26-23(28-21)20-5-3-2-4-19(20)22(27)25-13-11-17-10-12-24-14-17/h2-9,15,17,24H,10-14H2,1H3,(H,25,27). The molecule has 28 heavy (non-hydrogen) atoms. The molecule has 1 fully saturated rings. The molecule has 5 nitrogen and oxygen atoms in total. The minimum absolute atomic E-state index is 0.0864. The Morgan fingerprint density at radius 2 is 2.04 bits per heavy atom. The predicted octanol–water partition coefficient (Wildman–Crippen LogP) is 4.05. The third-order valence-corrected chi connectivity index (χ3v) is 5.24. The van der Waals surface area contributed by atoms with Crippen molar-refractivity contribution in [1.29, 1.82) is 0 Å². The molecule has 0 spiro atoms. The van der Waals surface area contributed by atoms with Gasteiger partial charge in [0.2, 0.25) is 5.89 Å². The zero-order valence-corrected chi connectivity index (χ0v) is 16.1. The van der Waals surface area contributed by atoms with E-state index >= 15 is 0 Å². The molecule has 2 N–H and O–H groups in total. The number of nitrogens with zero attached hydrogens (tertiary/aromatic N) is 1. The minimum atomic E-state index is -0.0864. The largest absolute Gasteiger partial charge is 0.436 e. The molecule has 5 heteroatoms. The minimum Gasteiger partial charge on any atom is -0.436 e. The van der Waals surface area contributed by atoms with Crippen LogP contribution in [0, 0.1) is 12.8 Å². The number of benzene rings is 2. The van der Waals surface area contributed by atoms with Crippen molar-refractivity contribution in [1.82, 2.24) is 15.6 Å². The molecule has 1 atom stereocenters. The van der Waals surface area contributed by atoms with E-state index < -0.39 is 0 Å². The van der Waals surface area contributed by atoms with Gasteiger partial charge in [0, 0.05) is 17.7 Å². The fraction of sp³-hybridized carbons (Fsp3) is 0.304. The zero-order valence-electron chi connectivity index (χ0n) is 16.1. The second kappa shape index (κ2) is 8.40. The molecule has 1 saturated heterocycles. The number of rotatable bonds is 6. The Bertz CT molecular complexity index is 940. The molecule has 1 amide bonds. The Kier molecular flexibility index (Phi) is 5.53. The molecule has 144 valence electrons. The first kappa shape index (κ1) is 18.4. The summed E-state index contributed by atoms with van der Waals surface area (Å²) in [6, 6.07) is 15.6. The molecular weight excluding hydrogens is 350 g/mol. The lowest BCUT2D eigenvalue weighted by atomic mass is 10.0. The van der Waals surface area contributed by atoms with Crippen molar-refractivity contribution in [2.75, 3.05) is 19.6 Å². The van der Waals surface area contributed by atoms with Crippen molar-refractivity contribution in [2.45, 2.75) is 19.8 Å². The summed E-state index contributed by atoms with van der Waals surface area (Å²) in [7, 11) is 0. The first-order valence-corrected chi connectivity index (χ1v) is 9.82. The van der Waals surface area contributed by atoms with E-state index in [4.69, 9.17) is 4.42 Å². The summed E-state index contributed by atoms with van der Waals surface area (Å²) in [4.78, 5) is 17.1. The van der Waals surface area contributed by atoms with Gasteiger partial charge in [-0.2, -0.15) is 0 Å². The molecule has 4 rings (SSSR count). The van der Waals surface area contributed by atoms with E-state index in [0.717, 1.165) is 25.1 Å².